The fourth-order valence-electron chi connectivity index (χ4n) is 16.1. The Morgan fingerprint density at radius 3 is 1.06 bits per heavy atom. The number of amides is 8. The van der Waals surface area contributed by atoms with Gasteiger partial charge in [-0.15, -0.1) is 22.7 Å². The van der Waals surface area contributed by atoms with E-state index in [4.69, 9.17) is 0 Å². The van der Waals surface area contributed by atoms with Crippen LogP contribution in [0.1, 0.15) is 69.9 Å². The summed E-state index contributed by atoms with van der Waals surface area (Å²) in [5.74, 6) is 0.245. The number of hydrogen-bond donors (Lipinski definition) is 4. The van der Waals surface area contributed by atoms with Gasteiger partial charge in [-0.3, -0.25) is 71.5 Å². The summed E-state index contributed by atoms with van der Waals surface area (Å²) in [7, 11) is 0. The highest BCUT2D eigenvalue weighted by molar-refractivity contribution is 7.15. The normalized spacial score (nSPS) is 13.9. The van der Waals surface area contributed by atoms with Crippen LogP contribution < -0.4 is 40.9 Å². The summed E-state index contributed by atoms with van der Waals surface area (Å²) in [6, 6.07) is 52.0. The lowest BCUT2D eigenvalue weighted by Crippen LogP contribution is -2.49. The van der Waals surface area contributed by atoms with Gasteiger partial charge in [-0.1, -0.05) is 54.6 Å². The van der Waals surface area contributed by atoms with E-state index in [0.717, 1.165) is 61.1 Å². The van der Waals surface area contributed by atoms with Crippen molar-refractivity contribution in [2.24, 2.45) is 0 Å². The minimum absolute atomic E-state index is 0.0433. The first-order valence-electron chi connectivity index (χ1n) is 43.0. The van der Waals surface area contributed by atoms with Crippen molar-refractivity contribution in [3.63, 3.8) is 0 Å². The number of pyridine rings is 5. The Morgan fingerprint density at radius 1 is 0.321 bits per heavy atom. The number of fused-ring (bicyclic) bond motifs is 4. The zero-order valence-corrected chi connectivity index (χ0v) is 73.3. The van der Waals surface area contributed by atoms with Crippen LogP contribution in [-0.4, -0.2) is 234 Å². The summed E-state index contributed by atoms with van der Waals surface area (Å²) in [5, 5.41) is 15.7. The molecular weight excluding hydrogens is 1700 g/mol. The molecule has 4 saturated heterocycles. The molecule has 4 N–H and O–H groups in total. The SMILES string of the molecule is Cc1cn2c(CC(=O)N3CCN(c4ccccc4C(=O)Nc4ccncc4)CC3)csc2n1.O=C(Nc1ccncc1)c1ccccc1N1CCN(C(=O)Cc2cn3ccccc3n2)CC1.O=C(Nc1ccncc1)c1ccccc1N1CCN(C(=O)Cc2cn3cccnc3n2)CC1.O=C(Nc1ccncc1)c1ccccc1N1CCN(C(=O)Cc2cn3ccsc3n2)CC1. The largest absolute Gasteiger partial charge is 0.367 e. The summed E-state index contributed by atoms with van der Waals surface area (Å²) in [6.07, 6.45) is 29.4. The molecule has 12 aromatic heterocycles. The van der Waals surface area contributed by atoms with Crippen LogP contribution in [0.15, 0.2) is 280 Å². The molecule has 33 nitrogen and oxygen atoms in total. The van der Waals surface area contributed by atoms with Crippen LogP contribution in [0, 0.1) is 6.92 Å². The van der Waals surface area contributed by atoms with Gasteiger partial charge >= 0.3 is 0 Å². The second-order valence-electron chi connectivity index (χ2n) is 31.4. The molecule has 131 heavy (non-hydrogen) atoms. The minimum Gasteiger partial charge on any atom is -0.367 e. The first-order chi connectivity index (χ1) is 64.1. The lowest BCUT2D eigenvalue weighted by Gasteiger charge is -2.37. The number of nitrogens with zero attached hydrogens (tertiary/aromatic N) is 21. The van der Waals surface area contributed by atoms with E-state index < -0.39 is 0 Å². The molecular formula is C96H93N25O8S2. The average molecular weight is 1790 g/mol. The number of carbonyl (C=O) groups is 8. The van der Waals surface area contributed by atoms with Gasteiger partial charge < -0.3 is 64.9 Å². The van der Waals surface area contributed by atoms with E-state index in [-0.39, 0.29) is 60.1 Å². The highest BCUT2D eigenvalue weighted by Gasteiger charge is 2.31. The van der Waals surface area contributed by atoms with Gasteiger partial charge in [0.15, 0.2) is 9.92 Å². The van der Waals surface area contributed by atoms with Crippen LogP contribution in [-0.2, 0) is 44.9 Å². The Bertz CT molecular complexity index is 6400. The van der Waals surface area contributed by atoms with Crippen LogP contribution in [0.2, 0.25) is 0 Å². The molecule has 0 unspecified atom stereocenters. The van der Waals surface area contributed by atoms with Gasteiger partial charge in [0, 0.05) is 266 Å². The molecule has 4 aliphatic rings. The van der Waals surface area contributed by atoms with Crippen LogP contribution in [0.25, 0.3) is 21.3 Å². The number of aryl methyl sites for hydroxylation is 1. The van der Waals surface area contributed by atoms with Crippen molar-refractivity contribution in [3.05, 3.63) is 330 Å². The molecule has 16 aromatic rings. The lowest BCUT2D eigenvalue weighted by atomic mass is 10.1. The Hall–Kier alpha value is -15.9. The summed E-state index contributed by atoms with van der Waals surface area (Å²) in [6.45, 7) is 12.1. The van der Waals surface area contributed by atoms with Gasteiger partial charge in [0.05, 0.1) is 70.7 Å². The summed E-state index contributed by atoms with van der Waals surface area (Å²) in [4.78, 5) is 159. The topological polar surface area (TPSA) is 344 Å². The average Bonchev–Trinajstić information content (AvgIpc) is 1.51. The van der Waals surface area contributed by atoms with E-state index in [0.29, 0.717) is 174 Å². The first-order valence-corrected chi connectivity index (χ1v) is 44.7. The van der Waals surface area contributed by atoms with Crippen molar-refractivity contribution in [3.8, 4) is 0 Å². The molecule has 20 rings (SSSR count). The van der Waals surface area contributed by atoms with Gasteiger partial charge in [0.1, 0.15) is 5.65 Å². The number of aromatic nitrogens is 13. The van der Waals surface area contributed by atoms with Crippen molar-refractivity contribution in [2.75, 3.05) is 146 Å². The van der Waals surface area contributed by atoms with Gasteiger partial charge in [-0.05, 0) is 122 Å². The summed E-state index contributed by atoms with van der Waals surface area (Å²) >= 11 is 3.11. The fourth-order valence-corrected chi connectivity index (χ4v) is 17.8. The third-order valence-electron chi connectivity index (χ3n) is 22.8. The molecule has 0 spiro atoms. The Balaban J connectivity index is 0.000000122. The van der Waals surface area contributed by atoms with Gasteiger partial charge in [0.2, 0.25) is 29.4 Å². The van der Waals surface area contributed by atoms with E-state index in [2.05, 4.69) is 85.7 Å². The highest BCUT2D eigenvalue weighted by Crippen LogP contribution is 2.30. The van der Waals surface area contributed by atoms with Crippen molar-refractivity contribution >= 4 is 137 Å². The molecule has 4 aromatic carbocycles. The van der Waals surface area contributed by atoms with Crippen molar-refractivity contribution < 1.29 is 38.4 Å². The van der Waals surface area contributed by atoms with E-state index in [9.17, 15) is 38.4 Å². The van der Waals surface area contributed by atoms with E-state index >= 15 is 0 Å². The van der Waals surface area contributed by atoms with Gasteiger partial charge in [0.25, 0.3) is 23.6 Å². The van der Waals surface area contributed by atoms with E-state index in [1.807, 2.05) is 220 Å². The maximum atomic E-state index is 12.9. The molecule has 4 fully saturated rings. The summed E-state index contributed by atoms with van der Waals surface area (Å²) < 4.78 is 7.69. The highest BCUT2D eigenvalue weighted by atomic mass is 32.1. The van der Waals surface area contributed by atoms with E-state index in [1.165, 1.54) is 0 Å². The maximum absolute atomic E-state index is 12.9. The number of thiazole rings is 2. The second kappa shape index (κ2) is 41.2. The zero-order chi connectivity index (χ0) is 89.9. The Labute approximate surface area is 761 Å². The van der Waals surface area contributed by atoms with E-state index in [1.54, 1.807) is 127 Å². The third kappa shape index (κ3) is 21.7. The molecule has 16 heterocycles. The lowest BCUT2D eigenvalue weighted by molar-refractivity contribution is -0.131. The molecule has 0 bridgehead atoms. The second-order valence-corrected chi connectivity index (χ2v) is 33.1. The summed E-state index contributed by atoms with van der Waals surface area (Å²) in [5.41, 5.74) is 13.8. The Kier molecular flexibility index (Phi) is 27.4. The monoisotopic (exact) mass is 1790 g/mol. The molecule has 0 radical (unpaired) electrons. The minimum atomic E-state index is -0.171. The van der Waals surface area contributed by atoms with Crippen LogP contribution in [0.4, 0.5) is 45.5 Å². The van der Waals surface area contributed by atoms with Crippen molar-refractivity contribution in [2.45, 2.75) is 32.6 Å². The number of rotatable bonds is 20. The first kappa shape index (κ1) is 87.2. The number of piperazine rings is 4. The van der Waals surface area contributed by atoms with Crippen LogP contribution in [0.3, 0.4) is 0 Å². The molecule has 0 atom stereocenters. The molecule has 0 aliphatic carbocycles. The predicted octanol–water partition coefficient (Wildman–Crippen LogP) is 11.3. The number of carbonyl (C=O) groups excluding carboxylic acids is 8. The number of nitrogens with one attached hydrogen (secondary N) is 4. The standard InChI is InChI=1S/C25H24N6O2.C24H23N7O2.C24H24N6O2S.C23H22N6O2S/c32-24(17-20-18-31-12-4-3-7-23(31)27-20)30-15-13-29(14-16-30)22-6-2-1-5-21(22)25(33)28-19-8-10-26-11-9-19;32-22(16-19-17-31-11-3-8-26-24(31)28-19)30-14-12-29(13-15-30)21-5-2-1-4-20(21)23(33)27-18-6-9-25-10-7-18;1-17-15-30-19(16-33-24(30)26-17)14-22(31)29-12-10-28(11-13-29)21-5-3-2-4-20(21)23(32)27-18-6-8-25-9-7-18;30-21(15-18-16-29-13-14-32-23(29)26-18)28-11-9-27(10-12-28)20-4-2-1-3-19(20)22(31)25-17-5-7-24-8-6-17/h1-12,18H,13-17H2,(H,26,28,33);1-11,17H,12-16H2,(H,25,27,33);2-9,15-16H,10-14H2,1H3,(H,25,27,32);1-8,13-14,16H,9-12,15H2,(H,24,25,31). The number of imidazole rings is 4. The third-order valence-corrected chi connectivity index (χ3v) is 24.5. The fraction of sp³-hybridized carbons (Fsp3) is 0.219. The molecule has 0 saturated carbocycles. The molecule has 8 amide bonds. The predicted molar refractivity (Wildman–Crippen MR) is 504 cm³/mol. The van der Waals surface area contributed by atoms with Crippen LogP contribution >= 0.6 is 22.7 Å². The van der Waals surface area contributed by atoms with Crippen LogP contribution in [0.5, 0.6) is 0 Å². The number of para-hydroxylation sites is 4. The maximum Gasteiger partial charge on any atom is 0.257 e. The zero-order valence-electron chi connectivity index (χ0n) is 71.7. The van der Waals surface area contributed by atoms with Crippen molar-refractivity contribution in [1.82, 2.24) is 82.1 Å². The number of anilines is 8. The molecule has 35 heteroatoms. The van der Waals surface area contributed by atoms with Gasteiger partial charge in [-0.2, -0.15) is 0 Å². The molecule has 4 aliphatic heterocycles. The number of hydrogen-bond acceptors (Lipinski definition) is 23. The quantitative estimate of drug-likeness (QED) is 0.0551. The number of benzene rings is 4. The van der Waals surface area contributed by atoms with Gasteiger partial charge in [-0.25, -0.2) is 24.9 Å². The molecule has 662 valence electrons. The van der Waals surface area contributed by atoms with Crippen molar-refractivity contribution in [1.29, 1.82) is 0 Å². The Morgan fingerprint density at radius 2 is 0.672 bits per heavy atom. The smallest absolute Gasteiger partial charge is 0.257 e.